The first-order valence-corrected chi connectivity index (χ1v) is 9.16. The lowest BCUT2D eigenvalue weighted by molar-refractivity contribution is -0.131. The molecule has 134 valence electrons. The maximum atomic E-state index is 13.3. The van der Waals surface area contributed by atoms with Crippen molar-refractivity contribution < 1.29 is 14.3 Å². The van der Waals surface area contributed by atoms with Crippen molar-refractivity contribution in [3.05, 3.63) is 71.8 Å². The molecule has 1 saturated carbocycles. The fourth-order valence-electron chi connectivity index (χ4n) is 4.38. The van der Waals surface area contributed by atoms with Crippen LogP contribution in [0.1, 0.15) is 37.4 Å². The highest BCUT2D eigenvalue weighted by molar-refractivity contribution is 5.97. The Balaban J connectivity index is 1.64. The first kappa shape index (κ1) is 16.8. The molecular formula is C22H23NO3. The Bertz CT molecular complexity index is 818. The summed E-state index contributed by atoms with van der Waals surface area (Å²) in [5.74, 6) is 0.0216. The van der Waals surface area contributed by atoms with E-state index in [2.05, 4.69) is 26.0 Å². The third-order valence-electron chi connectivity index (χ3n) is 5.94. The van der Waals surface area contributed by atoms with Gasteiger partial charge in [0, 0.05) is 11.3 Å². The molecule has 4 heteroatoms. The Labute approximate surface area is 153 Å². The van der Waals surface area contributed by atoms with Crippen LogP contribution in [-0.2, 0) is 14.9 Å². The van der Waals surface area contributed by atoms with Gasteiger partial charge in [0.1, 0.15) is 12.6 Å². The highest BCUT2D eigenvalue weighted by Crippen LogP contribution is 2.60. The van der Waals surface area contributed by atoms with Crippen molar-refractivity contribution in [1.82, 2.24) is 4.90 Å². The number of amides is 2. The monoisotopic (exact) mass is 349 g/mol. The summed E-state index contributed by atoms with van der Waals surface area (Å²) in [4.78, 5) is 27.0. The summed E-state index contributed by atoms with van der Waals surface area (Å²) in [6.45, 7) is 4.52. The molecule has 0 spiro atoms. The smallest absolute Gasteiger partial charge is 0.417 e. The summed E-state index contributed by atoms with van der Waals surface area (Å²) in [6.07, 6.45) is 0.250. The average molecular weight is 349 g/mol. The van der Waals surface area contributed by atoms with E-state index in [4.69, 9.17) is 4.74 Å². The highest BCUT2D eigenvalue weighted by Gasteiger charge is 2.63. The minimum atomic E-state index is -0.526. The molecule has 0 radical (unpaired) electrons. The number of cyclic esters (lactones) is 1. The molecule has 1 aliphatic heterocycles. The van der Waals surface area contributed by atoms with E-state index in [0.717, 1.165) is 12.0 Å². The lowest BCUT2D eigenvalue weighted by atomic mass is 9.82. The van der Waals surface area contributed by atoms with Gasteiger partial charge in [-0.15, -0.1) is 0 Å². The molecule has 0 unspecified atom stereocenters. The molecule has 1 heterocycles. The molecule has 0 aromatic heterocycles. The Morgan fingerprint density at radius 3 is 2.31 bits per heavy atom. The number of ether oxygens (including phenoxy) is 1. The molecule has 4 rings (SSSR count). The number of imide groups is 1. The van der Waals surface area contributed by atoms with Gasteiger partial charge in [0.2, 0.25) is 5.91 Å². The number of carbonyl (C=O) groups is 2. The van der Waals surface area contributed by atoms with Crippen molar-refractivity contribution in [2.45, 2.75) is 31.7 Å². The molecule has 2 aromatic rings. The van der Waals surface area contributed by atoms with Crippen LogP contribution in [0.25, 0.3) is 0 Å². The van der Waals surface area contributed by atoms with Gasteiger partial charge in [0.15, 0.2) is 0 Å². The van der Waals surface area contributed by atoms with Gasteiger partial charge in [-0.3, -0.25) is 4.79 Å². The lowest BCUT2D eigenvalue weighted by Crippen LogP contribution is -2.37. The van der Waals surface area contributed by atoms with E-state index < -0.39 is 6.09 Å². The van der Waals surface area contributed by atoms with Gasteiger partial charge in [-0.25, -0.2) is 9.69 Å². The third kappa shape index (κ3) is 2.52. The number of rotatable bonds is 4. The van der Waals surface area contributed by atoms with Crippen molar-refractivity contribution in [2.75, 3.05) is 6.61 Å². The second kappa shape index (κ2) is 6.27. The average Bonchev–Trinajstić information content (AvgIpc) is 3.33. The number of carbonyl (C=O) groups excluding carboxylic acids is 2. The Kier molecular flexibility index (Phi) is 4.06. The highest BCUT2D eigenvalue weighted by atomic mass is 16.6. The SMILES string of the molecule is CC(C)[C@]1(c2ccccc2)C[C@H]1C(=O)N1C(=O)OC[C@H]1c1ccccc1. The minimum absolute atomic E-state index is 0.112. The van der Waals surface area contributed by atoms with E-state index in [9.17, 15) is 9.59 Å². The van der Waals surface area contributed by atoms with Crippen LogP contribution < -0.4 is 0 Å². The van der Waals surface area contributed by atoms with Crippen LogP contribution in [0, 0.1) is 11.8 Å². The van der Waals surface area contributed by atoms with E-state index in [1.165, 1.54) is 10.5 Å². The molecule has 1 aliphatic carbocycles. The molecule has 26 heavy (non-hydrogen) atoms. The van der Waals surface area contributed by atoms with Crippen LogP contribution in [0.4, 0.5) is 4.79 Å². The largest absolute Gasteiger partial charge is 0.446 e. The van der Waals surface area contributed by atoms with Gasteiger partial charge in [-0.05, 0) is 23.5 Å². The number of benzene rings is 2. The summed E-state index contributed by atoms with van der Waals surface area (Å²) in [5.41, 5.74) is 1.92. The molecule has 2 fully saturated rings. The van der Waals surface area contributed by atoms with Gasteiger partial charge in [0.25, 0.3) is 0 Å². The fourth-order valence-corrected chi connectivity index (χ4v) is 4.38. The fraction of sp³-hybridized carbons (Fsp3) is 0.364. The van der Waals surface area contributed by atoms with E-state index in [0.29, 0.717) is 5.92 Å². The number of hydrogen-bond acceptors (Lipinski definition) is 3. The van der Waals surface area contributed by atoms with Gasteiger partial charge >= 0.3 is 6.09 Å². The summed E-state index contributed by atoms with van der Waals surface area (Å²) in [7, 11) is 0. The van der Waals surface area contributed by atoms with Crippen LogP contribution in [-0.4, -0.2) is 23.5 Å². The second-order valence-electron chi connectivity index (χ2n) is 7.53. The van der Waals surface area contributed by atoms with Crippen molar-refractivity contribution >= 4 is 12.0 Å². The number of nitrogens with zero attached hydrogens (tertiary/aromatic N) is 1. The van der Waals surface area contributed by atoms with Gasteiger partial charge < -0.3 is 4.74 Å². The molecule has 0 N–H and O–H groups in total. The molecule has 4 nitrogen and oxygen atoms in total. The molecule has 3 atom stereocenters. The predicted octanol–water partition coefficient (Wildman–Crippen LogP) is 4.32. The minimum Gasteiger partial charge on any atom is -0.446 e. The molecular weight excluding hydrogens is 326 g/mol. The molecule has 2 amide bonds. The first-order valence-electron chi connectivity index (χ1n) is 9.16. The third-order valence-corrected chi connectivity index (χ3v) is 5.94. The van der Waals surface area contributed by atoms with Crippen molar-refractivity contribution in [1.29, 1.82) is 0 Å². The summed E-state index contributed by atoms with van der Waals surface area (Å²) < 4.78 is 5.23. The van der Waals surface area contributed by atoms with E-state index >= 15 is 0 Å². The zero-order chi connectivity index (χ0) is 18.3. The first-order chi connectivity index (χ1) is 12.6. The topological polar surface area (TPSA) is 46.6 Å². The van der Waals surface area contributed by atoms with E-state index in [1.807, 2.05) is 48.5 Å². The standard InChI is InChI=1S/C22H23NO3/c1-15(2)22(17-11-7-4-8-12-17)13-18(22)20(24)23-19(14-26-21(23)25)16-9-5-3-6-10-16/h3-12,15,18-19H,13-14H2,1-2H3/t18-,19-,22-/m0/s1. The van der Waals surface area contributed by atoms with Crippen molar-refractivity contribution in [3.63, 3.8) is 0 Å². The van der Waals surface area contributed by atoms with Crippen molar-refractivity contribution in [3.8, 4) is 0 Å². The lowest BCUT2D eigenvalue weighted by Gasteiger charge is -2.25. The van der Waals surface area contributed by atoms with Crippen LogP contribution >= 0.6 is 0 Å². The maximum Gasteiger partial charge on any atom is 0.417 e. The zero-order valence-electron chi connectivity index (χ0n) is 15.1. The Hall–Kier alpha value is -2.62. The van der Waals surface area contributed by atoms with Crippen LogP contribution in [0.2, 0.25) is 0 Å². The van der Waals surface area contributed by atoms with Gasteiger partial charge in [-0.2, -0.15) is 0 Å². The normalized spacial score (nSPS) is 27.5. The molecule has 1 saturated heterocycles. The quantitative estimate of drug-likeness (QED) is 0.826. The number of hydrogen-bond donors (Lipinski definition) is 0. The van der Waals surface area contributed by atoms with E-state index in [1.54, 1.807) is 0 Å². The summed E-state index contributed by atoms with van der Waals surface area (Å²) in [6, 6.07) is 19.5. The summed E-state index contributed by atoms with van der Waals surface area (Å²) in [5, 5.41) is 0. The van der Waals surface area contributed by atoms with Gasteiger partial charge in [0.05, 0.1) is 0 Å². The van der Waals surface area contributed by atoms with Crippen LogP contribution in [0.5, 0.6) is 0 Å². The Morgan fingerprint density at radius 1 is 1.08 bits per heavy atom. The molecule has 2 aromatic carbocycles. The maximum absolute atomic E-state index is 13.3. The second-order valence-corrected chi connectivity index (χ2v) is 7.53. The van der Waals surface area contributed by atoms with E-state index in [-0.39, 0.29) is 29.9 Å². The van der Waals surface area contributed by atoms with Crippen LogP contribution in [0.15, 0.2) is 60.7 Å². The molecule has 2 aliphatic rings. The van der Waals surface area contributed by atoms with Crippen molar-refractivity contribution in [2.24, 2.45) is 11.8 Å². The zero-order valence-corrected chi connectivity index (χ0v) is 15.1. The summed E-state index contributed by atoms with van der Waals surface area (Å²) >= 11 is 0. The molecule has 0 bridgehead atoms. The van der Waals surface area contributed by atoms with Gasteiger partial charge in [-0.1, -0.05) is 74.5 Å². The predicted molar refractivity (Wildman–Crippen MR) is 98.4 cm³/mol. The Morgan fingerprint density at radius 2 is 1.69 bits per heavy atom. The van der Waals surface area contributed by atoms with Crippen LogP contribution in [0.3, 0.4) is 0 Å².